The Morgan fingerprint density at radius 1 is 0.722 bits per heavy atom. The van der Waals surface area contributed by atoms with E-state index in [2.05, 4.69) is 0 Å². The third kappa shape index (κ3) is 2.29. The van der Waals surface area contributed by atoms with Crippen LogP contribution >= 0.6 is 0 Å². The van der Waals surface area contributed by atoms with E-state index < -0.39 is 5.79 Å². The van der Waals surface area contributed by atoms with Crippen LogP contribution in [0.4, 0.5) is 0 Å². The van der Waals surface area contributed by atoms with Gasteiger partial charge < -0.3 is 4.74 Å². The molecule has 0 aliphatic carbocycles. The standard InChI is InChI=1S/C15H16O3/c1-16-15(18-17-2,13-9-5-3-6-10-13)14-11-7-4-8-12-14/h3-12H,1-2H3. The van der Waals surface area contributed by atoms with E-state index in [1.807, 2.05) is 60.7 Å². The highest BCUT2D eigenvalue weighted by molar-refractivity contribution is 5.33. The van der Waals surface area contributed by atoms with Gasteiger partial charge in [-0.05, 0) is 0 Å². The van der Waals surface area contributed by atoms with E-state index in [9.17, 15) is 0 Å². The smallest absolute Gasteiger partial charge is 0.253 e. The predicted molar refractivity (Wildman–Crippen MR) is 68.8 cm³/mol. The highest BCUT2D eigenvalue weighted by Crippen LogP contribution is 2.34. The van der Waals surface area contributed by atoms with E-state index in [1.54, 1.807) is 7.11 Å². The fraction of sp³-hybridized carbons (Fsp3) is 0.200. The first kappa shape index (κ1) is 12.8. The van der Waals surface area contributed by atoms with Crippen molar-refractivity contribution in [2.24, 2.45) is 0 Å². The minimum Gasteiger partial charge on any atom is -0.344 e. The molecule has 0 fully saturated rings. The topological polar surface area (TPSA) is 27.7 Å². The number of hydrogen-bond donors (Lipinski definition) is 0. The second-order valence-corrected chi connectivity index (χ2v) is 3.80. The van der Waals surface area contributed by atoms with Gasteiger partial charge in [0.15, 0.2) is 0 Å². The molecule has 0 atom stereocenters. The minimum atomic E-state index is -1.04. The fourth-order valence-corrected chi connectivity index (χ4v) is 1.97. The molecule has 0 saturated carbocycles. The monoisotopic (exact) mass is 244 g/mol. The highest BCUT2D eigenvalue weighted by atomic mass is 17.2. The highest BCUT2D eigenvalue weighted by Gasteiger charge is 2.36. The van der Waals surface area contributed by atoms with Crippen LogP contribution in [0, 0.1) is 0 Å². The number of rotatable bonds is 5. The third-order valence-electron chi connectivity index (χ3n) is 2.80. The Hall–Kier alpha value is -1.68. The van der Waals surface area contributed by atoms with Gasteiger partial charge in [-0.15, -0.1) is 0 Å². The van der Waals surface area contributed by atoms with Crippen molar-refractivity contribution in [1.82, 2.24) is 0 Å². The van der Waals surface area contributed by atoms with Crippen molar-refractivity contribution in [3.8, 4) is 0 Å². The summed E-state index contributed by atoms with van der Waals surface area (Å²) in [4.78, 5) is 10.3. The Morgan fingerprint density at radius 3 is 1.50 bits per heavy atom. The van der Waals surface area contributed by atoms with Crippen LogP contribution in [-0.2, 0) is 20.3 Å². The average molecular weight is 244 g/mol. The summed E-state index contributed by atoms with van der Waals surface area (Å²) < 4.78 is 5.60. The Morgan fingerprint density at radius 2 is 1.17 bits per heavy atom. The third-order valence-corrected chi connectivity index (χ3v) is 2.80. The maximum Gasteiger partial charge on any atom is 0.253 e. The average Bonchev–Trinajstić information content (AvgIpc) is 2.47. The summed E-state index contributed by atoms with van der Waals surface area (Å²) in [6.07, 6.45) is 0. The molecule has 0 aliphatic rings. The molecule has 0 amide bonds. The van der Waals surface area contributed by atoms with Gasteiger partial charge >= 0.3 is 0 Å². The summed E-state index contributed by atoms with van der Waals surface area (Å²) in [7, 11) is 3.07. The molecule has 0 saturated heterocycles. The van der Waals surface area contributed by atoms with Crippen LogP contribution in [0.15, 0.2) is 60.7 Å². The van der Waals surface area contributed by atoms with Crippen LogP contribution < -0.4 is 0 Å². The van der Waals surface area contributed by atoms with Crippen molar-refractivity contribution in [1.29, 1.82) is 0 Å². The van der Waals surface area contributed by atoms with Crippen molar-refractivity contribution < 1.29 is 14.5 Å². The zero-order valence-corrected chi connectivity index (χ0v) is 10.5. The lowest BCUT2D eigenvalue weighted by Crippen LogP contribution is -2.33. The van der Waals surface area contributed by atoms with Gasteiger partial charge in [0.2, 0.25) is 0 Å². The lowest BCUT2D eigenvalue weighted by Gasteiger charge is -2.31. The molecule has 2 aromatic rings. The first-order valence-corrected chi connectivity index (χ1v) is 5.71. The quantitative estimate of drug-likeness (QED) is 0.459. The summed E-state index contributed by atoms with van der Waals surface area (Å²) in [5, 5.41) is 0. The first-order valence-electron chi connectivity index (χ1n) is 5.71. The van der Waals surface area contributed by atoms with Crippen LogP contribution in [0.5, 0.6) is 0 Å². The molecule has 0 unspecified atom stereocenters. The molecular formula is C15H16O3. The second-order valence-electron chi connectivity index (χ2n) is 3.80. The molecular weight excluding hydrogens is 228 g/mol. The van der Waals surface area contributed by atoms with E-state index in [0.29, 0.717) is 0 Å². The van der Waals surface area contributed by atoms with Crippen molar-refractivity contribution in [2.75, 3.05) is 14.2 Å². The Kier molecular flexibility index (Phi) is 4.10. The molecule has 0 heterocycles. The van der Waals surface area contributed by atoms with Crippen molar-refractivity contribution in [3.63, 3.8) is 0 Å². The predicted octanol–water partition coefficient (Wildman–Crippen LogP) is 3.11. The summed E-state index contributed by atoms with van der Waals surface area (Å²) in [6.45, 7) is 0. The van der Waals surface area contributed by atoms with Gasteiger partial charge in [0.1, 0.15) is 0 Å². The van der Waals surface area contributed by atoms with E-state index in [0.717, 1.165) is 11.1 Å². The molecule has 0 aliphatic heterocycles. The van der Waals surface area contributed by atoms with Gasteiger partial charge in [-0.25, -0.2) is 4.89 Å². The molecule has 0 aromatic heterocycles. The normalized spacial score (nSPS) is 11.4. The summed E-state index contributed by atoms with van der Waals surface area (Å²) in [6, 6.07) is 19.4. The fourth-order valence-electron chi connectivity index (χ4n) is 1.97. The molecule has 18 heavy (non-hydrogen) atoms. The van der Waals surface area contributed by atoms with Crippen molar-refractivity contribution >= 4 is 0 Å². The lowest BCUT2D eigenvalue weighted by molar-refractivity contribution is -0.405. The maximum absolute atomic E-state index is 5.60. The summed E-state index contributed by atoms with van der Waals surface area (Å²) in [5.41, 5.74) is 1.75. The van der Waals surface area contributed by atoms with Gasteiger partial charge in [0.05, 0.1) is 7.11 Å². The SMILES string of the molecule is COOC(OC)(c1ccccc1)c1ccccc1. The van der Waals surface area contributed by atoms with Crippen LogP contribution in [0.2, 0.25) is 0 Å². The summed E-state index contributed by atoms with van der Waals surface area (Å²) >= 11 is 0. The van der Waals surface area contributed by atoms with E-state index in [-0.39, 0.29) is 0 Å². The Bertz CT molecular complexity index is 428. The first-order chi connectivity index (χ1) is 8.83. The minimum absolute atomic E-state index is 0.876. The Labute approximate surface area is 107 Å². The zero-order chi connectivity index (χ0) is 12.8. The maximum atomic E-state index is 5.60. The van der Waals surface area contributed by atoms with E-state index >= 15 is 0 Å². The van der Waals surface area contributed by atoms with Crippen LogP contribution in [-0.4, -0.2) is 14.2 Å². The molecule has 94 valence electrons. The number of benzene rings is 2. The lowest BCUT2D eigenvalue weighted by atomic mass is 9.97. The van der Waals surface area contributed by atoms with Gasteiger partial charge in [0.25, 0.3) is 5.79 Å². The van der Waals surface area contributed by atoms with E-state index in [4.69, 9.17) is 14.5 Å². The van der Waals surface area contributed by atoms with Gasteiger partial charge in [0, 0.05) is 18.2 Å². The van der Waals surface area contributed by atoms with Crippen molar-refractivity contribution in [3.05, 3.63) is 71.8 Å². The van der Waals surface area contributed by atoms with E-state index in [1.165, 1.54) is 7.11 Å². The molecule has 0 N–H and O–H groups in total. The van der Waals surface area contributed by atoms with Crippen LogP contribution in [0.25, 0.3) is 0 Å². The van der Waals surface area contributed by atoms with Gasteiger partial charge in [-0.1, -0.05) is 60.7 Å². The molecule has 0 radical (unpaired) electrons. The number of ether oxygens (including phenoxy) is 1. The van der Waals surface area contributed by atoms with Crippen molar-refractivity contribution in [2.45, 2.75) is 5.79 Å². The van der Waals surface area contributed by atoms with Crippen LogP contribution in [0.3, 0.4) is 0 Å². The van der Waals surface area contributed by atoms with Crippen LogP contribution in [0.1, 0.15) is 11.1 Å². The summed E-state index contributed by atoms with van der Waals surface area (Å²) in [5.74, 6) is -1.04. The molecule has 3 heteroatoms. The molecule has 2 rings (SSSR count). The molecule has 2 aromatic carbocycles. The zero-order valence-electron chi connectivity index (χ0n) is 10.5. The second kappa shape index (κ2) is 5.78. The van der Waals surface area contributed by atoms with Gasteiger partial charge in [-0.2, -0.15) is 4.89 Å². The number of hydrogen-bond acceptors (Lipinski definition) is 3. The van der Waals surface area contributed by atoms with Gasteiger partial charge in [-0.3, -0.25) is 0 Å². The molecule has 3 nitrogen and oxygen atoms in total. The number of methoxy groups -OCH3 is 1. The molecule has 0 spiro atoms. The molecule has 0 bridgehead atoms. The Balaban J connectivity index is 2.53. The largest absolute Gasteiger partial charge is 0.344 e.